The molecule has 0 radical (unpaired) electrons. The highest BCUT2D eigenvalue weighted by molar-refractivity contribution is 7.98. The van der Waals surface area contributed by atoms with E-state index in [-0.39, 0.29) is 18.4 Å². The van der Waals surface area contributed by atoms with E-state index >= 15 is 0 Å². The van der Waals surface area contributed by atoms with Crippen LogP contribution in [0.4, 0.5) is 0 Å². The Labute approximate surface area is 97.3 Å². The fraction of sp³-hybridized carbons (Fsp3) is 0.273. The van der Waals surface area contributed by atoms with Crippen LogP contribution in [0, 0.1) is 0 Å². The fourth-order valence-corrected chi connectivity index (χ4v) is 1.78. The highest BCUT2D eigenvalue weighted by Crippen LogP contribution is 2.20. The molecule has 0 saturated carbocycles. The van der Waals surface area contributed by atoms with Crippen LogP contribution >= 0.6 is 11.8 Å². The third-order valence-corrected chi connectivity index (χ3v) is 2.88. The minimum atomic E-state index is -1.02. The maximum atomic E-state index is 11.0. The van der Waals surface area contributed by atoms with Crippen LogP contribution in [0.5, 0.6) is 0 Å². The van der Waals surface area contributed by atoms with Crippen molar-refractivity contribution in [1.29, 1.82) is 0 Å². The Bertz CT molecular complexity index is 414. The second-order valence-corrected chi connectivity index (χ2v) is 4.10. The van der Waals surface area contributed by atoms with Crippen molar-refractivity contribution < 1.29 is 19.8 Å². The molecule has 0 aliphatic carbocycles. The van der Waals surface area contributed by atoms with E-state index in [0.717, 1.165) is 4.90 Å². The van der Waals surface area contributed by atoms with Gasteiger partial charge in [-0.3, -0.25) is 4.79 Å². The first-order valence-corrected chi connectivity index (χ1v) is 5.89. The number of hydrogen-bond donors (Lipinski definition) is 2. The van der Waals surface area contributed by atoms with Crippen molar-refractivity contribution in [1.82, 2.24) is 0 Å². The molecule has 0 bridgehead atoms. The number of carbonyl (C=O) groups is 2. The van der Waals surface area contributed by atoms with Gasteiger partial charge in [-0.05, 0) is 30.4 Å². The third kappa shape index (κ3) is 3.27. The molecular formula is C11H12O4S. The topological polar surface area (TPSA) is 74.6 Å². The van der Waals surface area contributed by atoms with Gasteiger partial charge in [-0.25, -0.2) is 4.79 Å². The van der Waals surface area contributed by atoms with E-state index in [0.29, 0.717) is 5.56 Å². The third-order valence-electron chi connectivity index (χ3n) is 2.16. The van der Waals surface area contributed by atoms with E-state index in [9.17, 15) is 9.59 Å². The molecule has 0 saturated heterocycles. The van der Waals surface area contributed by atoms with Gasteiger partial charge in [-0.15, -0.1) is 11.8 Å². The Morgan fingerprint density at radius 3 is 2.50 bits per heavy atom. The van der Waals surface area contributed by atoms with Gasteiger partial charge in [-0.2, -0.15) is 0 Å². The van der Waals surface area contributed by atoms with Crippen molar-refractivity contribution in [3.8, 4) is 0 Å². The molecule has 0 aromatic heterocycles. The first-order chi connectivity index (χ1) is 7.54. The van der Waals surface area contributed by atoms with Crippen LogP contribution < -0.4 is 0 Å². The Morgan fingerprint density at radius 1 is 1.31 bits per heavy atom. The Hall–Kier alpha value is -1.49. The zero-order valence-electron chi connectivity index (χ0n) is 8.77. The number of aliphatic carboxylic acids is 1. The van der Waals surface area contributed by atoms with Gasteiger partial charge in [0.1, 0.15) is 0 Å². The van der Waals surface area contributed by atoms with Crippen molar-refractivity contribution in [2.75, 3.05) is 6.26 Å². The van der Waals surface area contributed by atoms with Crippen molar-refractivity contribution >= 4 is 23.7 Å². The lowest BCUT2D eigenvalue weighted by atomic mass is 10.0. The van der Waals surface area contributed by atoms with Gasteiger partial charge in [0.05, 0.1) is 5.56 Å². The summed E-state index contributed by atoms with van der Waals surface area (Å²) < 4.78 is 0. The van der Waals surface area contributed by atoms with E-state index in [1.165, 1.54) is 11.8 Å². The minimum absolute atomic E-state index is 0.0567. The number of carboxylic acid groups (broad SMARTS) is 2. The van der Waals surface area contributed by atoms with Crippen LogP contribution in [-0.2, 0) is 11.2 Å². The maximum absolute atomic E-state index is 11.0. The van der Waals surface area contributed by atoms with Crippen LogP contribution in [0.25, 0.3) is 0 Å². The number of benzene rings is 1. The van der Waals surface area contributed by atoms with Crippen molar-refractivity contribution in [2.45, 2.75) is 17.7 Å². The van der Waals surface area contributed by atoms with Gasteiger partial charge in [0.2, 0.25) is 0 Å². The van der Waals surface area contributed by atoms with E-state index in [2.05, 4.69) is 0 Å². The molecule has 0 aliphatic heterocycles. The summed E-state index contributed by atoms with van der Waals surface area (Å²) >= 11 is 1.45. The predicted molar refractivity (Wildman–Crippen MR) is 61.1 cm³/mol. The van der Waals surface area contributed by atoms with Crippen LogP contribution in [-0.4, -0.2) is 28.4 Å². The molecular weight excluding hydrogens is 228 g/mol. The summed E-state index contributed by atoms with van der Waals surface area (Å²) in [5.74, 6) is -1.94. The highest BCUT2D eigenvalue weighted by atomic mass is 32.2. The molecule has 0 aliphatic rings. The SMILES string of the molecule is CSc1ccc(CCC(=O)O)c(C(=O)O)c1. The fourth-order valence-electron chi connectivity index (χ4n) is 1.34. The number of carboxylic acids is 2. The van der Waals surface area contributed by atoms with Crippen LogP contribution in [0.1, 0.15) is 22.3 Å². The van der Waals surface area contributed by atoms with Gasteiger partial charge >= 0.3 is 11.9 Å². The van der Waals surface area contributed by atoms with Crippen LogP contribution in [0.2, 0.25) is 0 Å². The largest absolute Gasteiger partial charge is 0.481 e. The number of thioether (sulfide) groups is 1. The Kier molecular flexibility index (Phi) is 4.37. The summed E-state index contributed by atoms with van der Waals surface area (Å²) in [6.45, 7) is 0. The van der Waals surface area contributed by atoms with Crippen LogP contribution in [0.3, 0.4) is 0 Å². The summed E-state index contributed by atoms with van der Waals surface area (Å²) in [5.41, 5.74) is 0.751. The summed E-state index contributed by atoms with van der Waals surface area (Å²) in [7, 11) is 0. The van der Waals surface area contributed by atoms with Crippen LogP contribution in [0.15, 0.2) is 23.1 Å². The summed E-state index contributed by atoms with van der Waals surface area (Å²) in [4.78, 5) is 22.3. The smallest absolute Gasteiger partial charge is 0.336 e. The van der Waals surface area contributed by atoms with Gasteiger partial charge in [0.25, 0.3) is 0 Å². The number of aromatic carboxylic acids is 1. The second-order valence-electron chi connectivity index (χ2n) is 3.22. The van der Waals surface area contributed by atoms with Crippen molar-refractivity contribution in [3.05, 3.63) is 29.3 Å². The van der Waals surface area contributed by atoms with Gasteiger partial charge in [0.15, 0.2) is 0 Å². The molecule has 0 spiro atoms. The standard InChI is InChI=1S/C11H12O4S/c1-16-8-4-2-7(3-5-10(12)13)9(6-8)11(14)15/h2,4,6H,3,5H2,1H3,(H,12,13)(H,14,15). The molecule has 0 amide bonds. The van der Waals surface area contributed by atoms with E-state index < -0.39 is 11.9 Å². The molecule has 0 atom stereocenters. The highest BCUT2D eigenvalue weighted by Gasteiger charge is 2.11. The molecule has 4 nitrogen and oxygen atoms in total. The molecule has 1 aromatic rings. The van der Waals surface area contributed by atoms with Gasteiger partial charge < -0.3 is 10.2 Å². The van der Waals surface area contributed by atoms with Crippen molar-refractivity contribution in [2.24, 2.45) is 0 Å². The number of rotatable bonds is 5. The Balaban J connectivity index is 2.98. The van der Waals surface area contributed by atoms with E-state index in [4.69, 9.17) is 10.2 Å². The number of hydrogen-bond acceptors (Lipinski definition) is 3. The maximum Gasteiger partial charge on any atom is 0.336 e. The van der Waals surface area contributed by atoms with Gasteiger partial charge in [-0.1, -0.05) is 6.07 Å². The molecule has 2 N–H and O–H groups in total. The lowest BCUT2D eigenvalue weighted by Crippen LogP contribution is -2.05. The first-order valence-electron chi connectivity index (χ1n) is 4.66. The zero-order chi connectivity index (χ0) is 12.1. The predicted octanol–water partition coefficient (Wildman–Crippen LogP) is 2.12. The number of aryl methyl sites for hydroxylation is 1. The normalized spacial score (nSPS) is 10.1. The zero-order valence-corrected chi connectivity index (χ0v) is 9.58. The second kappa shape index (κ2) is 5.55. The summed E-state index contributed by atoms with van der Waals surface area (Å²) in [6.07, 6.45) is 2.04. The van der Waals surface area contributed by atoms with Gasteiger partial charge in [0, 0.05) is 11.3 Å². The molecule has 1 rings (SSSR count). The lowest BCUT2D eigenvalue weighted by Gasteiger charge is -2.06. The molecule has 0 heterocycles. The summed E-state index contributed by atoms with van der Waals surface area (Å²) in [5, 5.41) is 17.5. The molecule has 16 heavy (non-hydrogen) atoms. The molecule has 0 fully saturated rings. The molecule has 5 heteroatoms. The lowest BCUT2D eigenvalue weighted by molar-refractivity contribution is -0.136. The quantitative estimate of drug-likeness (QED) is 0.771. The summed E-state index contributed by atoms with van der Waals surface area (Å²) in [6, 6.07) is 5.05. The molecule has 0 unspecified atom stereocenters. The molecule has 1 aromatic carbocycles. The monoisotopic (exact) mass is 240 g/mol. The first kappa shape index (κ1) is 12.6. The minimum Gasteiger partial charge on any atom is -0.481 e. The van der Waals surface area contributed by atoms with E-state index in [1.54, 1.807) is 18.2 Å². The molecule has 86 valence electrons. The average molecular weight is 240 g/mol. The average Bonchev–Trinajstić information content (AvgIpc) is 2.25. The van der Waals surface area contributed by atoms with Crippen molar-refractivity contribution in [3.63, 3.8) is 0 Å². The van der Waals surface area contributed by atoms with E-state index in [1.807, 2.05) is 6.26 Å². The Morgan fingerprint density at radius 2 is 2.00 bits per heavy atom.